The van der Waals surface area contributed by atoms with Gasteiger partial charge in [-0.25, -0.2) is 0 Å². The number of carbonyl (C=O) groups excluding carboxylic acids is 1. The molecule has 0 aliphatic rings. The van der Waals surface area contributed by atoms with Crippen molar-refractivity contribution < 1.29 is 40.5 Å². The lowest BCUT2D eigenvalue weighted by Gasteiger charge is -2.06. The molecule has 0 heterocycles. The Morgan fingerprint density at radius 1 is 0.704 bits per heavy atom. The van der Waals surface area contributed by atoms with Gasteiger partial charge in [0, 0.05) is 18.9 Å². The first-order valence-electron chi connectivity index (χ1n) is 8.07. The molecule has 144 valence electrons. The minimum atomic E-state index is -0.631. The van der Waals surface area contributed by atoms with Crippen LogP contribution in [0.25, 0.3) is 0 Å². The van der Waals surface area contributed by atoms with E-state index in [0.29, 0.717) is 11.1 Å². The third-order valence-electron chi connectivity index (χ3n) is 3.92. The Hall–Kier alpha value is -3.55. The van der Waals surface area contributed by atoms with Gasteiger partial charge in [0.1, 0.15) is 0 Å². The summed E-state index contributed by atoms with van der Waals surface area (Å²) in [5.74, 6) is -3.77. The third-order valence-corrected chi connectivity index (χ3v) is 3.92. The summed E-state index contributed by atoms with van der Waals surface area (Å²) in [5, 5.41) is 66.1. The zero-order valence-corrected chi connectivity index (χ0v) is 14.3. The predicted octanol–water partition coefficient (Wildman–Crippen LogP) is 2.50. The molecule has 0 aromatic heterocycles. The fourth-order valence-corrected chi connectivity index (χ4v) is 2.48. The molecule has 0 amide bonds. The van der Waals surface area contributed by atoms with E-state index in [0.717, 1.165) is 6.08 Å². The predicted molar refractivity (Wildman–Crippen MR) is 95.2 cm³/mol. The van der Waals surface area contributed by atoms with E-state index in [9.17, 15) is 40.5 Å². The average molecular weight is 376 g/mol. The molecular weight excluding hydrogens is 356 g/mol. The van der Waals surface area contributed by atoms with E-state index >= 15 is 0 Å². The summed E-state index contributed by atoms with van der Waals surface area (Å²) in [7, 11) is 0. The molecule has 2 aromatic rings. The summed E-state index contributed by atoms with van der Waals surface area (Å²) < 4.78 is 0. The standard InChI is InChI=1S/C19H20O8/c20-12(3-1-10-5-14(22)18(26)15(23)6-10)9-13(21)4-2-11-7-16(24)19(27)17(25)8-11/h5-9,20,22-27H,1-4H2/b12-9-. The Morgan fingerprint density at radius 2 is 1.07 bits per heavy atom. The zero-order valence-electron chi connectivity index (χ0n) is 14.3. The fraction of sp³-hybridized carbons (Fsp3) is 0.211. The van der Waals surface area contributed by atoms with Gasteiger partial charge in [0.15, 0.2) is 40.3 Å². The molecule has 27 heavy (non-hydrogen) atoms. The Bertz CT molecular complexity index is 839. The molecule has 0 unspecified atom stereocenters. The highest BCUT2D eigenvalue weighted by atomic mass is 16.3. The molecule has 0 aliphatic heterocycles. The van der Waals surface area contributed by atoms with Crippen LogP contribution in [0.5, 0.6) is 34.5 Å². The number of ketones is 1. The second kappa shape index (κ2) is 8.22. The zero-order chi connectivity index (χ0) is 20.1. The van der Waals surface area contributed by atoms with Gasteiger partial charge in [-0.15, -0.1) is 0 Å². The molecule has 0 saturated carbocycles. The normalized spacial score (nSPS) is 11.5. The van der Waals surface area contributed by atoms with Crippen LogP contribution in [0.2, 0.25) is 0 Å². The Kier molecular flexibility index (Phi) is 6.02. The Morgan fingerprint density at radius 3 is 1.48 bits per heavy atom. The van der Waals surface area contributed by atoms with Crippen molar-refractivity contribution in [2.75, 3.05) is 0 Å². The number of aryl methyl sites for hydroxylation is 2. The molecule has 0 bridgehead atoms. The first kappa shape index (κ1) is 19.8. The number of rotatable bonds is 7. The van der Waals surface area contributed by atoms with Gasteiger partial charge in [-0.2, -0.15) is 0 Å². The van der Waals surface area contributed by atoms with Crippen molar-refractivity contribution in [2.24, 2.45) is 0 Å². The summed E-state index contributed by atoms with van der Waals surface area (Å²) in [5.41, 5.74) is 0.907. The summed E-state index contributed by atoms with van der Waals surface area (Å²) in [6.07, 6.45) is 1.55. The molecule has 0 spiro atoms. The van der Waals surface area contributed by atoms with Crippen LogP contribution in [0.3, 0.4) is 0 Å². The summed E-state index contributed by atoms with van der Waals surface area (Å²) in [6.45, 7) is 0. The van der Waals surface area contributed by atoms with E-state index < -0.39 is 34.5 Å². The number of phenolic OH excluding ortho intramolecular Hbond substituents is 6. The van der Waals surface area contributed by atoms with Crippen LogP contribution >= 0.6 is 0 Å². The molecule has 0 aliphatic carbocycles. The molecule has 0 radical (unpaired) electrons. The minimum absolute atomic E-state index is 0.00843. The maximum Gasteiger partial charge on any atom is 0.200 e. The quantitative estimate of drug-likeness (QED) is 0.220. The first-order valence-corrected chi connectivity index (χ1v) is 8.07. The number of aromatic hydroxyl groups is 6. The number of hydrogen-bond donors (Lipinski definition) is 7. The van der Waals surface area contributed by atoms with Crippen LogP contribution in [0.4, 0.5) is 0 Å². The maximum absolute atomic E-state index is 11.9. The number of carbonyl (C=O) groups is 1. The highest BCUT2D eigenvalue weighted by molar-refractivity contribution is 5.90. The van der Waals surface area contributed by atoms with Crippen LogP contribution in [0.1, 0.15) is 24.0 Å². The third kappa shape index (κ3) is 5.21. The highest BCUT2D eigenvalue weighted by Crippen LogP contribution is 2.36. The van der Waals surface area contributed by atoms with Crippen LogP contribution in [-0.4, -0.2) is 41.5 Å². The number of allylic oxidation sites excluding steroid dienone is 2. The molecule has 8 nitrogen and oxygen atoms in total. The molecule has 2 aromatic carbocycles. The number of phenols is 6. The number of hydrogen-bond acceptors (Lipinski definition) is 8. The second-order valence-electron chi connectivity index (χ2n) is 6.07. The molecule has 7 N–H and O–H groups in total. The molecule has 2 rings (SSSR count). The molecular formula is C19H20O8. The van der Waals surface area contributed by atoms with E-state index in [1.165, 1.54) is 24.3 Å². The van der Waals surface area contributed by atoms with Gasteiger partial charge in [0.25, 0.3) is 0 Å². The summed E-state index contributed by atoms with van der Waals surface area (Å²) >= 11 is 0. The lowest BCUT2D eigenvalue weighted by molar-refractivity contribution is -0.114. The highest BCUT2D eigenvalue weighted by Gasteiger charge is 2.11. The Balaban J connectivity index is 1.91. The lowest BCUT2D eigenvalue weighted by Crippen LogP contribution is -1.99. The number of aliphatic hydroxyl groups excluding tert-OH is 1. The minimum Gasteiger partial charge on any atom is -0.512 e. The molecule has 0 atom stereocenters. The average Bonchev–Trinajstić information content (AvgIpc) is 2.60. The van der Waals surface area contributed by atoms with Crippen LogP contribution in [0, 0.1) is 0 Å². The van der Waals surface area contributed by atoms with E-state index in [-0.39, 0.29) is 37.2 Å². The van der Waals surface area contributed by atoms with Crippen LogP contribution < -0.4 is 0 Å². The monoisotopic (exact) mass is 376 g/mol. The van der Waals surface area contributed by atoms with E-state index in [2.05, 4.69) is 0 Å². The van der Waals surface area contributed by atoms with Gasteiger partial charge in [-0.1, -0.05) is 0 Å². The fourth-order valence-electron chi connectivity index (χ4n) is 2.48. The van der Waals surface area contributed by atoms with Crippen molar-refractivity contribution in [3.05, 3.63) is 47.2 Å². The van der Waals surface area contributed by atoms with Gasteiger partial charge in [0.2, 0.25) is 0 Å². The summed E-state index contributed by atoms with van der Waals surface area (Å²) in [6, 6.07) is 4.95. The van der Waals surface area contributed by atoms with Crippen molar-refractivity contribution in [3.63, 3.8) is 0 Å². The maximum atomic E-state index is 11.9. The van der Waals surface area contributed by atoms with Gasteiger partial charge < -0.3 is 35.7 Å². The topological polar surface area (TPSA) is 159 Å². The molecule has 8 heteroatoms. The smallest absolute Gasteiger partial charge is 0.200 e. The lowest BCUT2D eigenvalue weighted by atomic mass is 10.0. The van der Waals surface area contributed by atoms with E-state index in [4.69, 9.17) is 0 Å². The van der Waals surface area contributed by atoms with Crippen molar-refractivity contribution in [3.8, 4) is 34.5 Å². The van der Waals surface area contributed by atoms with Gasteiger partial charge in [-0.3, -0.25) is 4.79 Å². The van der Waals surface area contributed by atoms with Gasteiger partial charge >= 0.3 is 0 Å². The second-order valence-corrected chi connectivity index (χ2v) is 6.07. The number of benzene rings is 2. The van der Waals surface area contributed by atoms with Crippen molar-refractivity contribution in [2.45, 2.75) is 25.7 Å². The molecule has 0 fully saturated rings. The van der Waals surface area contributed by atoms with Crippen molar-refractivity contribution in [1.82, 2.24) is 0 Å². The van der Waals surface area contributed by atoms with E-state index in [1.807, 2.05) is 0 Å². The van der Waals surface area contributed by atoms with Gasteiger partial charge in [0.05, 0.1) is 5.76 Å². The number of aliphatic hydroxyl groups is 1. The Labute approximate surface area is 154 Å². The van der Waals surface area contributed by atoms with Gasteiger partial charge in [-0.05, 0) is 48.2 Å². The summed E-state index contributed by atoms with van der Waals surface area (Å²) in [4.78, 5) is 11.9. The largest absolute Gasteiger partial charge is 0.512 e. The van der Waals surface area contributed by atoms with Crippen LogP contribution in [0.15, 0.2) is 36.1 Å². The van der Waals surface area contributed by atoms with Crippen LogP contribution in [-0.2, 0) is 17.6 Å². The molecule has 0 saturated heterocycles. The van der Waals surface area contributed by atoms with Crippen molar-refractivity contribution >= 4 is 5.78 Å². The first-order chi connectivity index (χ1) is 12.7. The van der Waals surface area contributed by atoms with E-state index in [1.54, 1.807) is 0 Å². The SMILES string of the molecule is O=C(/C=C(\O)CCc1cc(O)c(O)c(O)c1)CCc1cc(O)c(O)c(O)c1. The van der Waals surface area contributed by atoms with Crippen molar-refractivity contribution in [1.29, 1.82) is 0 Å².